The monoisotopic (exact) mass is 283 g/mol. The zero-order chi connectivity index (χ0) is 15.0. The number of halogens is 3. The third-order valence-electron chi connectivity index (χ3n) is 2.68. The fourth-order valence-corrected chi connectivity index (χ4v) is 1.74. The summed E-state index contributed by atoms with van der Waals surface area (Å²) < 4.78 is 40.7. The standard InChI is InChI=1S/C13H8F3NO3/c1-6(18)7-2-11(13(19)20)17(5-7)10-4-8(14)3-9(15)12(10)16/h2-5H,1H3,(H,19,20). The molecule has 0 amide bonds. The molecule has 4 nitrogen and oxygen atoms in total. The van der Waals surface area contributed by atoms with Crippen LogP contribution in [0.1, 0.15) is 27.8 Å². The number of Topliss-reactive ketones (excluding diaryl/α,β-unsaturated/α-hetero) is 1. The minimum Gasteiger partial charge on any atom is -0.477 e. The second-order valence-corrected chi connectivity index (χ2v) is 4.07. The largest absolute Gasteiger partial charge is 0.477 e. The molecule has 0 aliphatic carbocycles. The number of aromatic nitrogens is 1. The van der Waals surface area contributed by atoms with Crippen molar-refractivity contribution in [1.29, 1.82) is 0 Å². The zero-order valence-electron chi connectivity index (χ0n) is 10.2. The highest BCUT2D eigenvalue weighted by Gasteiger charge is 2.20. The van der Waals surface area contributed by atoms with Crippen LogP contribution in [0, 0.1) is 17.5 Å². The van der Waals surface area contributed by atoms with Gasteiger partial charge < -0.3 is 9.67 Å². The molecule has 1 N–H and O–H groups in total. The van der Waals surface area contributed by atoms with Crippen LogP contribution in [0.2, 0.25) is 0 Å². The average molecular weight is 283 g/mol. The Morgan fingerprint density at radius 3 is 2.35 bits per heavy atom. The van der Waals surface area contributed by atoms with Crippen molar-refractivity contribution in [3.63, 3.8) is 0 Å². The molecule has 0 atom stereocenters. The number of carboxylic acid groups (broad SMARTS) is 1. The van der Waals surface area contributed by atoms with Gasteiger partial charge in [-0.1, -0.05) is 0 Å². The maximum atomic E-state index is 13.7. The van der Waals surface area contributed by atoms with E-state index in [9.17, 15) is 22.8 Å². The van der Waals surface area contributed by atoms with Crippen LogP contribution in [0.25, 0.3) is 5.69 Å². The number of benzene rings is 1. The molecule has 2 rings (SSSR count). The highest BCUT2D eigenvalue weighted by atomic mass is 19.2. The second-order valence-electron chi connectivity index (χ2n) is 4.07. The van der Waals surface area contributed by atoms with Gasteiger partial charge in [0, 0.05) is 23.9 Å². The first-order valence-electron chi connectivity index (χ1n) is 5.42. The Kier molecular flexibility index (Phi) is 3.35. The van der Waals surface area contributed by atoms with Gasteiger partial charge in [-0.15, -0.1) is 0 Å². The van der Waals surface area contributed by atoms with Crippen LogP contribution in [-0.4, -0.2) is 21.4 Å². The molecule has 1 heterocycles. The van der Waals surface area contributed by atoms with Crippen molar-refractivity contribution in [1.82, 2.24) is 4.57 Å². The lowest BCUT2D eigenvalue weighted by Gasteiger charge is -2.08. The summed E-state index contributed by atoms with van der Waals surface area (Å²) in [6.07, 6.45) is 1.02. The van der Waals surface area contributed by atoms with Gasteiger partial charge in [-0.05, 0) is 13.0 Å². The summed E-state index contributed by atoms with van der Waals surface area (Å²) in [5.41, 5.74) is -1.10. The number of rotatable bonds is 3. The number of aromatic carboxylic acids is 1. The highest BCUT2D eigenvalue weighted by molar-refractivity contribution is 5.97. The molecule has 1 aromatic carbocycles. The fourth-order valence-electron chi connectivity index (χ4n) is 1.74. The second kappa shape index (κ2) is 4.84. The molecule has 0 bridgehead atoms. The average Bonchev–Trinajstić information content (AvgIpc) is 2.78. The van der Waals surface area contributed by atoms with Gasteiger partial charge in [-0.25, -0.2) is 18.0 Å². The van der Waals surface area contributed by atoms with Gasteiger partial charge in [0.2, 0.25) is 0 Å². The number of carbonyl (C=O) groups excluding carboxylic acids is 1. The van der Waals surface area contributed by atoms with Gasteiger partial charge in [-0.3, -0.25) is 4.79 Å². The Hall–Kier alpha value is -2.57. The smallest absolute Gasteiger partial charge is 0.352 e. The molecule has 0 radical (unpaired) electrons. The van der Waals surface area contributed by atoms with Crippen LogP contribution in [0.5, 0.6) is 0 Å². The normalized spacial score (nSPS) is 10.6. The number of nitrogens with zero attached hydrogens (tertiary/aromatic N) is 1. The van der Waals surface area contributed by atoms with Crippen molar-refractivity contribution in [3.05, 3.63) is 53.1 Å². The molecule has 0 unspecified atom stereocenters. The van der Waals surface area contributed by atoms with Crippen molar-refractivity contribution < 1.29 is 27.9 Å². The van der Waals surface area contributed by atoms with E-state index in [1.165, 1.54) is 6.92 Å². The summed E-state index contributed by atoms with van der Waals surface area (Å²) >= 11 is 0. The Morgan fingerprint density at radius 2 is 1.80 bits per heavy atom. The van der Waals surface area contributed by atoms with Gasteiger partial charge >= 0.3 is 5.97 Å². The quantitative estimate of drug-likeness (QED) is 0.696. The minimum absolute atomic E-state index is 0.00790. The number of carboxylic acids is 1. The van der Waals surface area contributed by atoms with E-state index in [0.29, 0.717) is 12.1 Å². The van der Waals surface area contributed by atoms with E-state index in [1.54, 1.807) is 0 Å². The Labute approximate surface area is 111 Å². The number of ketones is 1. The van der Waals surface area contributed by atoms with Gasteiger partial charge in [-0.2, -0.15) is 0 Å². The van der Waals surface area contributed by atoms with Gasteiger partial charge in [0.05, 0.1) is 5.69 Å². The first kappa shape index (κ1) is 13.9. The van der Waals surface area contributed by atoms with E-state index >= 15 is 0 Å². The molecule has 20 heavy (non-hydrogen) atoms. The van der Waals surface area contributed by atoms with Crippen LogP contribution in [0.3, 0.4) is 0 Å². The van der Waals surface area contributed by atoms with Crippen molar-refractivity contribution in [2.75, 3.05) is 0 Å². The SMILES string of the molecule is CC(=O)c1cc(C(=O)O)n(-c2cc(F)cc(F)c2F)c1. The summed E-state index contributed by atoms with van der Waals surface area (Å²) in [7, 11) is 0. The fraction of sp³-hybridized carbons (Fsp3) is 0.0769. The summed E-state index contributed by atoms with van der Waals surface area (Å²) in [6.45, 7) is 1.19. The summed E-state index contributed by atoms with van der Waals surface area (Å²) in [4.78, 5) is 22.3. The molecular formula is C13H8F3NO3. The van der Waals surface area contributed by atoms with E-state index in [-0.39, 0.29) is 5.56 Å². The molecule has 0 aliphatic heterocycles. The molecule has 0 spiro atoms. The first-order chi connectivity index (χ1) is 9.31. The van der Waals surface area contributed by atoms with Gasteiger partial charge in [0.25, 0.3) is 0 Å². The van der Waals surface area contributed by atoms with Crippen molar-refractivity contribution in [2.45, 2.75) is 6.92 Å². The lowest BCUT2D eigenvalue weighted by molar-refractivity contribution is 0.0688. The molecule has 104 valence electrons. The molecule has 0 saturated carbocycles. The Bertz CT molecular complexity index is 722. The summed E-state index contributed by atoms with van der Waals surface area (Å²) in [5.74, 6) is -5.83. The van der Waals surface area contributed by atoms with Crippen molar-refractivity contribution >= 4 is 11.8 Å². The predicted molar refractivity (Wildman–Crippen MR) is 62.6 cm³/mol. The van der Waals surface area contributed by atoms with Gasteiger partial charge in [0.15, 0.2) is 17.4 Å². The van der Waals surface area contributed by atoms with Gasteiger partial charge in [0.1, 0.15) is 11.5 Å². The lowest BCUT2D eigenvalue weighted by atomic mass is 10.2. The molecule has 2 aromatic rings. The minimum atomic E-state index is -1.46. The Balaban J connectivity index is 2.75. The Morgan fingerprint density at radius 1 is 1.15 bits per heavy atom. The number of carbonyl (C=O) groups is 2. The molecule has 1 aromatic heterocycles. The third-order valence-corrected chi connectivity index (χ3v) is 2.68. The van der Waals surface area contributed by atoms with Crippen molar-refractivity contribution in [3.8, 4) is 5.69 Å². The highest BCUT2D eigenvalue weighted by Crippen LogP contribution is 2.22. The molecular weight excluding hydrogens is 275 g/mol. The predicted octanol–water partition coefficient (Wildman–Crippen LogP) is 2.80. The topological polar surface area (TPSA) is 59.3 Å². The lowest BCUT2D eigenvalue weighted by Crippen LogP contribution is -2.08. The zero-order valence-corrected chi connectivity index (χ0v) is 10.2. The number of hydrogen-bond acceptors (Lipinski definition) is 2. The van der Waals surface area contributed by atoms with Crippen LogP contribution in [0.4, 0.5) is 13.2 Å². The van der Waals surface area contributed by atoms with Crippen molar-refractivity contribution in [2.24, 2.45) is 0 Å². The summed E-state index contributed by atoms with van der Waals surface area (Å²) in [6, 6.07) is 2.00. The first-order valence-corrected chi connectivity index (χ1v) is 5.42. The van der Waals surface area contributed by atoms with E-state index in [0.717, 1.165) is 16.8 Å². The number of hydrogen-bond donors (Lipinski definition) is 1. The van der Waals surface area contributed by atoms with Crippen LogP contribution in [-0.2, 0) is 0 Å². The maximum Gasteiger partial charge on any atom is 0.352 e. The van der Waals surface area contributed by atoms with E-state index in [1.807, 2.05) is 0 Å². The van der Waals surface area contributed by atoms with Crippen LogP contribution < -0.4 is 0 Å². The molecule has 0 saturated heterocycles. The summed E-state index contributed by atoms with van der Waals surface area (Å²) in [5, 5.41) is 9.01. The maximum absolute atomic E-state index is 13.7. The van der Waals surface area contributed by atoms with E-state index in [4.69, 9.17) is 5.11 Å². The van der Waals surface area contributed by atoms with Crippen LogP contribution in [0.15, 0.2) is 24.4 Å². The molecule has 7 heteroatoms. The van der Waals surface area contributed by atoms with E-state index in [2.05, 4.69) is 0 Å². The third kappa shape index (κ3) is 2.29. The van der Waals surface area contributed by atoms with Crippen LogP contribution >= 0.6 is 0 Å². The molecule has 0 fully saturated rings. The van der Waals surface area contributed by atoms with E-state index < -0.39 is 40.6 Å². The molecule has 0 aliphatic rings.